The normalized spacial score (nSPS) is 12.4. The van der Waals surface area contributed by atoms with Crippen molar-refractivity contribution < 1.29 is 4.79 Å². The standard InChI is InChI=1S/C15H24N2O.ClH/c1-15(2,3)9-10-17-14(18)11-13(16)12-7-5-4-6-8-12;/h4-8,13H,9-11,16H2,1-3H3,(H,17,18);1H. The van der Waals surface area contributed by atoms with Gasteiger partial charge in [0, 0.05) is 19.0 Å². The van der Waals surface area contributed by atoms with Gasteiger partial charge in [-0.3, -0.25) is 4.79 Å². The fourth-order valence-electron chi connectivity index (χ4n) is 1.67. The second-order valence-corrected chi connectivity index (χ2v) is 5.88. The number of nitrogens with one attached hydrogen (secondary N) is 1. The summed E-state index contributed by atoms with van der Waals surface area (Å²) in [6, 6.07) is 9.50. The SMILES string of the molecule is CC(C)(C)CCNC(=O)CC(N)c1ccccc1.Cl. The molecule has 3 nitrogen and oxygen atoms in total. The third-order valence-electron chi connectivity index (χ3n) is 2.83. The number of rotatable bonds is 5. The van der Waals surface area contributed by atoms with Gasteiger partial charge in [-0.05, 0) is 17.4 Å². The van der Waals surface area contributed by atoms with E-state index in [1.54, 1.807) is 0 Å². The number of benzene rings is 1. The zero-order valence-corrected chi connectivity index (χ0v) is 12.8. The molecule has 3 N–H and O–H groups in total. The van der Waals surface area contributed by atoms with Gasteiger partial charge in [-0.15, -0.1) is 12.4 Å². The summed E-state index contributed by atoms with van der Waals surface area (Å²) in [5.74, 6) is 0.0237. The molecule has 1 rings (SSSR count). The van der Waals surface area contributed by atoms with Crippen LogP contribution in [0.4, 0.5) is 0 Å². The van der Waals surface area contributed by atoms with E-state index in [0.717, 1.165) is 12.0 Å². The van der Waals surface area contributed by atoms with E-state index < -0.39 is 0 Å². The molecule has 0 heterocycles. The van der Waals surface area contributed by atoms with E-state index in [2.05, 4.69) is 26.1 Å². The Balaban J connectivity index is 0.00000324. The summed E-state index contributed by atoms with van der Waals surface area (Å²) in [4.78, 5) is 11.7. The third-order valence-corrected chi connectivity index (χ3v) is 2.83. The molecule has 0 aliphatic heterocycles. The van der Waals surface area contributed by atoms with Gasteiger partial charge in [-0.1, -0.05) is 51.1 Å². The quantitative estimate of drug-likeness (QED) is 0.873. The van der Waals surface area contributed by atoms with Gasteiger partial charge in [-0.2, -0.15) is 0 Å². The Labute approximate surface area is 122 Å². The first kappa shape index (κ1) is 17.9. The minimum Gasteiger partial charge on any atom is -0.356 e. The molecule has 0 saturated carbocycles. The molecular formula is C15H25ClN2O. The van der Waals surface area contributed by atoms with Crippen LogP contribution in [0.3, 0.4) is 0 Å². The highest BCUT2D eigenvalue weighted by atomic mass is 35.5. The van der Waals surface area contributed by atoms with Gasteiger partial charge in [0.2, 0.25) is 5.91 Å². The molecule has 0 fully saturated rings. The van der Waals surface area contributed by atoms with Crippen LogP contribution in [0.5, 0.6) is 0 Å². The Morgan fingerprint density at radius 1 is 1.26 bits per heavy atom. The number of carbonyl (C=O) groups excluding carboxylic acids is 1. The Kier molecular flexibility index (Phi) is 7.72. The Morgan fingerprint density at radius 2 is 1.84 bits per heavy atom. The van der Waals surface area contributed by atoms with E-state index in [1.165, 1.54) is 0 Å². The summed E-state index contributed by atoms with van der Waals surface area (Å²) >= 11 is 0. The average Bonchev–Trinajstić information content (AvgIpc) is 2.28. The van der Waals surface area contributed by atoms with E-state index in [0.29, 0.717) is 13.0 Å². The Hall–Kier alpha value is -1.06. The molecule has 1 aromatic rings. The molecule has 0 radical (unpaired) electrons. The minimum atomic E-state index is -0.221. The van der Waals surface area contributed by atoms with Crippen molar-refractivity contribution >= 4 is 18.3 Å². The Morgan fingerprint density at radius 3 is 2.37 bits per heavy atom. The first-order chi connectivity index (χ1) is 8.38. The van der Waals surface area contributed by atoms with Crippen molar-refractivity contribution in [3.63, 3.8) is 0 Å². The molecule has 0 aliphatic carbocycles. The molecule has 1 atom stereocenters. The van der Waals surface area contributed by atoms with Gasteiger partial charge in [0.05, 0.1) is 0 Å². The molecule has 0 aliphatic rings. The topological polar surface area (TPSA) is 55.1 Å². The molecule has 4 heteroatoms. The summed E-state index contributed by atoms with van der Waals surface area (Å²) in [5, 5.41) is 2.92. The molecule has 0 aromatic heterocycles. The van der Waals surface area contributed by atoms with Crippen LogP contribution in [0.1, 0.15) is 45.2 Å². The second kappa shape index (κ2) is 8.18. The molecule has 19 heavy (non-hydrogen) atoms. The number of nitrogens with two attached hydrogens (primary N) is 1. The van der Waals surface area contributed by atoms with Crippen LogP contribution in [-0.4, -0.2) is 12.5 Å². The highest BCUT2D eigenvalue weighted by molar-refractivity contribution is 5.85. The molecule has 1 amide bonds. The third kappa shape index (κ3) is 7.85. The zero-order valence-electron chi connectivity index (χ0n) is 12.0. The second-order valence-electron chi connectivity index (χ2n) is 5.88. The van der Waals surface area contributed by atoms with Gasteiger partial charge < -0.3 is 11.1 Å². The van der Waals surface area contributed by atoms with Crippen molar-refractivity contribution in [3.05, 3.63) is 35.9 Å². The maximum Gasteiger partial charge on any atom is 0.221 e. The van der Waals surface area contributed by atoms with E-state index in [4.69, 9.17) is 5.73 Å². The van der Waals surface area contributed by atoms with Crippen LogP contribution < -0.4 is 11.1 Å². The average molecular weight is 285 g/mol. The number of hydrogen-bond acceptors (Lipinski definition) is 2. The lowest BCUT2D eigenvalue weighted by Crippen LogP contribution is -2.30. The van der Waals surface area contributed by atoms with Gasteiger partial charge >= 0.3 is 0 Å². The number of halogens is 1. The lowest BCUT2D eigenvalue weighted by molar-refractivity contribution is -0.121. The fourth-order valence-corrected chi connectivity index (χ4v) is 1.67. The van der Waals surface area contributed by atoms with Crippen molar-refractivity contribution in [2.75, 3.05) is 6.54 Å². The maximum atomic E-state index is 11.7. The van der Waals surface area contributed by atoms with Crippen molar-refractivity contribution in [2.45, 2.75) is 39.7 Å². The lowest BCUT2D eigenvalue weighted by atomic mass is 9.92. The van der Waals surface area contributed by atoms with E-state index in [-0.39, 0.29) is 29.8 Å². The summed E-state index contributed by atoms with van der Waals surface area (Å²) in [6.45, 7) is 7.20. The van der Waals surface area contributed by atoms with Crippen LogP contribution in [-0.2, 0) is 4.79 Å². The van der Waals surface area contributed by atoms with Crippen molar-refractivity contribution in [3.8, 4) is 0 Å². The first-order valence-corrected chi connectivity index (χ1v) is 6.46. The van der Waals surface area contributed by atoms with Gasteiger partial charge in [0.15, 0.2) is 0 Å². The highest BCUT2D eigenvalue weighted by Gasteiger charge is 2.13. The van der Waals surface area contributed by atoms with Gasteiger partial charge in [-0.25, -0.2) is 0 Å². The molecule has 0 bridgehead atoms. The van der Waals surface area contributed by atoms with Crippen LogP contribution in [0.15, 0.2) is 30.3 Å². The largest absolute Gasteiger partial charge is 0.356 e. The van der Waals surface area contributed by atoms with Crippen LogP contribution in [0, 0.1) is 5.41 Å². The fraction of sp³-hybridized carbons (Fsp3) is 0.533. The molecular weight excluding hydrogens is 260 g/mol. The monoisotopic (exact) mass is 284 g/mol. The van der Waals surface area contributed by atoms with Crippen molar-refractivity contribution in [1.82, 2.24) is 5.32 Å². The van der Waals surface area contributed by atoms with Crippen molar-refractivity contribution in [1.29, 1.82) is 0 Å². The smallest absolute Gasteiger partial charge is 0.221 e. The summed E-state index contributed by atoms with van der Waals surface area (Å²) in [7, 11) is 0. The predicted octanol–water partition coefficient (Wildman–Crippen LogP) is 3.05. The van der Waals surface area contributed by atoms with Gasteiger partial charge in [0.25, 0.3) is 0 Å². The van der Waals surface area contributed by atoms with Crippen LogP contribution in [0.2, 0.25) is 0 Å². The van der Waals surface area contributed by atoms with Gasteiger partial charge in [0.1, 0.15) is 0 Å². The van der Waals surface area contributed by atoms with E-state index in [1.807, 2.05) is 30.3 Å². The first-order valence-electron chi connectivity index (χ1n) is 6.46. The molecule has 1 aromatic carbocycles. The van der Waals surface area contributed by atoms with Crippen molar-refractivity contribution in [2.24, 2.45) is 11.1 Å². The van der Waals surface area contributed by atoms with Crippen LogP contribution in [0.25, 0.3) is 0 Å². The summed E-state index contributed by atoms with van der Waals surface area (Å²) in [6.07, 6.45) is 1.31. The highest BCUT2D eigenvalue weighted by Crippen LogP contribution is 2.17. The number of amides is 1. The zero-order chi connectivity index (χ0) is 13.6. The summed E-state index contributed by atoms with van der Waals surface area (Å²) < 4.78 is 0. The molecule has 108 valence electrons. The summed E-state index contributed by atoms with van der Waals surface area (Å²) in [5.41, 5.74) is 7.24. The van der Waals surface area contributed by atoms with Crippen LogP contribution >= 0.6 is 12.4 Å². The lowest BCUT2D eigenvalue weighted by Gasteiger charge is -2.18. The predicted molar refractivity (Wildman–Crippen MR) is 82.3 cm³/mol. The Bertz CT molecular complexity index is 373. The maximum absolute atomic E-state index is 11.7. The molecule has 0 saturated heterocycles. The molecule has 1 unspecified atom stereocenters. The van der Waals surface area contributed by atoms with E-state index >= 15 is 0 Å². The number of carbonyl (C=O) groups is 1. The minimum absolute atomic E-state index is 0. The molecule has 0 spiro atoms. The number of hydrogen-bond donors (Lipinski definition) is 2. The van der Waals surface area contributed by atoms with E-state index in [9.17, 15) is 4.79 Å².